The molecule has 2 aromatic rings. The second-order valence-corrected chi connectivity index (χ2v) is 3.21. The highest BCUT2D eigenvalue weighted by Gasteiger charge is 2.03. The van der Waals surface area contributed by atoms with Gasteiger partial charge in [-0.1, -0.05) is 0 Å². The minimum absolute atomic E-state index is 0.162. The van der Waals surface area contributed by atoms with Crippen LogP contribution in [-0.4, -0.2) is 19.9 Å². The molecule has 2 aromatic heterocycles. The molecule has 0 amide bonds. The van der Waals surface area contributed by atoms with Gasteiger partial charge in [-0.05, 0) is 32.0 Å². The van der Waals surface area contributed by atoms with Gasteiger partial charge in [0.05, 0.1) is 11.9 Å². The Labute approximate surface area is 81.8 Å². The molecule has 0 aliphatic heterocycles. The summed E-state index contributed by atoms with van der Waals surface area (Å²) in [6, 6.07) is 5.31. The Morgan fingerprint density at radius 1 is 1.29 bits per heavy atom. The quantitative estimate of drug-likeness (QED) is 0.741. The van der Waals surface area contributed by atoms with Gasteiger partial charge < -0.3 is 5.11 Å². The van der Waals surface area contributed by atoms with Crippen LogP contribution in [0, 0.1) is 13.8 Å². The average molecular weight is 189 g/mol. The highest BCUT2D eigenvalue weighted by molar-refractivity contribution is 5.29. The van der Waals surface area contributed by atoms with E-state index in [0.717, 1.165) is 11.4 Å². The Morgan fingerprint density at radius 2 is 2.07 bits per heavy atom. The zero-order valence-corrected chi connectivity index (χ0v) is 8.10. The molecule has 72 valence electrons. The van der Waals surface area contributed by atoms with Crippen molar-refractivity contribution < 1.29 is 5.11 Å². The van der Waals surface area contributed by atoms with Crippen LogP contribution in [0.5, 0.6) is 5.75 Å². The third-order valence-corrected chi connectivity index (χ3v) is 1.96. The number of aryl methyl sites for hydroxylation is 2. The van der Waals surface area contributed by atoms with Crippen molar-refractivity contribution in [2.45, 2.75) is 13.8 Å². The minimum atomic E-state index is 0.162. The molecule has 0 aliphatic carbocycles. The fourth-order valence-electron chi connectivity index (χ4n) is 1.36. The lowest BCUT2D eigenvalue weighted by Crippen LogP contribution is -2.00. The molecule has 0 fully saturated rings. The first-order valence-corrected chi connectivity index (χ1v) is 4.35. The number of hydrogen-bond acceptors (Lipinski definition) is 3. The second kappa shape index (κ2) is 3.14. The third-order valence-electron chi connectivity index (χ3n) is 1.96. The predicted octanol–water partition coefficient (Wildman–Crippen LogP) is 1.59. The summed E-state index contributed by atoms with van der Waals surface area (Å²) in [6.45, 7) is 3.90. The van der Waals surface area contributed by atoms with Gasteiger partial charge in [0, 0.05) is 5.69 Å². The van der Waals surface area contributed by atoms with E-state index in [1.807, 2.05) is 19.9 Å². The van der Waals surface area contributed by atoms with Gasteiger partial charge in [-0.2, -0.15) is 5.10 Å². The molecular formula is C10H11N3O. The molecular weight excluding hydrogens is 178 g/mol. The number of aromatic nitrogens is 3. The average Bonchev–Trinajstić information content (AvgIpc) is 2.47. The van der Waals surface area contributed by atoms with Crippen molar-refractivity contribution in [3.8, 4) is 11.6 Å². The largest absolute Gasteiger partial charge is 0.506 e. The van der Waals surface area contributed by atoms with Crippen molar-refractivity contribution in [2.24, 2.45) is 0 Å². The number of pyridine rings is 1. The van der Waals surface area contributed by atoms with Crippen molar-refractivity contribution in [3.05, 3.63) is 35.8 Å². The van der Waals surface area contributed by atoms with Crippen LogP contribution in [0.2, 0.25) is 0 Å². The summed E-state index contributed by atoms with van der Waals surface area (Å²) in [5, 5.41) is 13.4. The maximum absolute atomic E-state index is 9.09. The number of rotatable bonds is 1. The predicted molar refractivity (Wildman–Crippen MR) is 52.5 cm³/mol. The molecule has 14 heavy (non-hydrogen) atoms. The van der Waals surface area contributed by atoms with Crippen LogP contribution < -0.4 is 0 Å². The number of nitrogens with zero attached hydrogens (tertiary/aromatic N) is 3. The summed E-state index contributed by atoms with van der Waals surface area (Å²) >= 11 is 0. The molecule has 1 N–H and O–H groups in total. The monoisotopic (exact) mass is 189 g/mol. The highest BCUT2D eigenvalue weighted by atomic mass is 16.3. The Kier molecular flexibility index (Phi) is 1.96. The van der Waals surface area contributed by atoms with E-state index in [1.165, 1.54) is 6.20 Å². The topological polar surface area (TPSA) is 50.9 Å². The molecule has 0 radical (unpaired) electrons. The summed E-state index contributed by atoms with van der Waals surface area (Å²) in [5.41, 5.74) is 1.98. The molecule has 4 heteroatoms. The van der Waals surface area contributed by atoms with Crippen LogP contribution in [0.1, 0.15) is 11.4 Å². The van der Waals surface area contributed by atoms with Crippen molar-refractivity contribution in [1.29, 1.82) is 0 Å². The Balaban J connectivity index is 2.49. The molecule has 0 aromatic carbocycles. The van der Waals surface area contributed by atoms with E-state index in [-0.39, 0.29) is 5.75 Å². The summed E-state index contributed by atoms with van der Waals surface area (Å²) in [7, 11) is 0. The molecule has 0 unspecified atom stereocenters. The Morgan fingerprint density at radius 3 is 2.57 bits per heavy atom. The summed E-state index contributed by atoms with van der Waals surface area (Å²) in [4.78, 5) is 4.07. The number of aromatic hydroxyl groups is 1. The maximum atomic E-state index is 9.09. The standard InChI is InChI=1S/C10H11N3O/c1-7-5-8(2)13(12-7)10-4-3-9(14)6-11-10/h3-6,14H,1-2H3. The van der Waals surface area contributed by atoms with E-state index in [1.54, 1.807) is 16.8 Å². The molecule has 2 heterocycles. The van der Waals surface area contributed by atoms with Crippen LogP contribution in [0.15, 0.2) is 24.4 Å². The van der Waals surface area contributed by atoms with E-state index in [0.29, 0.717) is 5.82 Å². The minimum Gasteiger partial charge on any atom is -0.506 e. The lowest BCUT2D eigenvalue weighted by Gasteiger charge is -2.02. The summed E-state index contributed by atoms with van der Waals surface area (Å²) in [5.74, 6) is 0.878. The van der Waals surface area contributed by atoms with Crippen LogP contribution in [-0.2, 0) is 0 Å². The smallest absolute Gasteiger partial charge is 0.153 e. The van der Waals surface area contributed by atoms with Gasteiger partial charge in [-0.25, -0.2) is 9.67 Å². The molecule has 0 bridgehead atoms. The van der Waals surface area contributed by atoms with Crippen LogP contribution in [0.4, 0.5) is 0 Å². The zero-order chi connectivity index (χ0) is 10.1. The third kappa shape index (κ3) is 1.46. The SMILES string of the molecule is Cc1cc(C)n(-c2ccc(O)cn2)n1. The lowest BCUT2D eigenvalue weighted by molar-refractivity contribution is 0.472. The van der Waals surface area contributed by atoms with E-state index < -0.39 is 0 Å². The van der Waals surface area contributed by atoms with Gasteiger partial charge in [-0.15, -0.1) is 0 Å². The fourth-order valence-corrected chi connectivity index (χ4v) is 1.36. The van der Waals surface area contributed by atoms with Crippen LogP contribution in [0.3, 0.4) is 0 Å². The molecule has 2 rings (SSSR count). The van der Waals surface area contributed by atoms with E-state index >= 15 is 0 Å². The van der Waals surface area contributed by atoms with Gasteiger partial charge >= 0.3 is 0 Å². The first-order chi connectivity index (χ1) is 6.66. The van der Waals surface area contributed by atoms with Crippen molar-refractivity contribution in [2.75, 3.05) is 0 Å². The molecule has 0 saturated heterocycles. The Hall–Kier alpha value is -1.84. The van der Waals surface area contributed by atoms with Crippen molar-refractivity contribution >= 4 is 0 Å². The molecule has 0 spiro atoms. The van der Waals surface area contributed by atoms with Gasteiger partial charge in [0.2, 0.25) is 0 Å². The fraction of sp³-hybridized carbons (Fsp3) is 0.200. The van der Waals surface area contributed by atoms with Gasteiger partial charge in [-0.3, -0.25) is 0 Å². The molecule has 0 saturated carbocycles. The summed E-state index contributed by atoms with van der Waals surface area (Å²) in [6.07, 6.45) is 1.41. The summed E-state index contributed by atoms with van der Waals surface area (Å²) < 4.78 is 1.74. The molecule has 0 atom stereocenters. The van der Waals surface area contributed by atoms with Crippen LogP contribution >= 0.6 is 0 Å². The van der Waals surface area contributed by atoms with Crippen molar-refractivity contribution in [1.82, 2.24) is 14.8 Å². The Bertz CT molecular complexity index is 445. The van der Waals surface area contributed by atoms with E-state index in [2.05, 4.69) is 10.1 Å². The molecule has 4 nitrogen and oxygen atoms in total. The lowest BCUT2D eigenvalue weighted by atomic mass is 10.4. The van der Waals surface area contributed by atoms with Crippen LogP contribution in [0.25, 0.3) is 5.82 Å². The second-order valence-electron chi connectivity index (χ2n) is 3.21. The van der Waals surface area contributed by atoms with Crippen molar-refractivity contribution in [3.63, 3.8) is 0 Å². The normalized spacial score (nSPS) is 10.4. The van der Waals surface area contributed by atoms with Gasteiger partial charge in [0.1, 0.15) is 5.75 Å². The first kappa shape index (κ1) is 8.74. The maximum Gasteiger partial charge on any atom is 0.153 e. The van der Waals surface area contributed by atoms with E-state index in [4.69, 9.17) is 5.11 Å². The number of hydrogen-bond donors (Lipinski definition) is 1. The van der Waals surface area contributed by atoms with Gasteiger partial charge in [0.15, 0.2) is 5.82 Å². The highest BCUT2D eigenvalue weighted by Crippen LogP contribution is 2.12. The van der Waals surface area contributed by atoms with Gasteiger partial charge in [0.25, 0.3) is 0 Å². The first-order valence-electron chi connectivity index (χ1n) is 4.35. The zero-order valence-electron chi connectivity index (χ0n) is 8.10. The van der Waals surface area contributed by atoms with E-state index in [9.17, 15) is 0 Å². The molecule has 0 aliphatic rings.